The van der Waals surface area contributed by atoms with E-state index in [2.05, 4.69) is 203 Å². The van der Waals surface area contributed by atoms with Crippen molar-refractivity contribution in [3.63, 3.8) is 0 Å². The van der Waals surface area contributed by atoms with Crippen LogP contribution in [0.3, 0.4) is 0 Å². The lowest BCUT2D eigenvalue weighted by molar-refractivity contribution is 0.271. The summed E-state index contributed by atoms with van der Waals surface area (Å²) in [5, 5.41) is 11.2. The van der Waals surface area contributed by atoms with Crippen LogP contribution in [0, 0.1) is 0 Å². The van der Waals surface area contributed by atoms with E-state index >= 15 is 0 Å². The van der Waals surface area contributed by atoms with Gasteiger partial charge in [0.2, 0.25) is 0 Å². The molecule has 0 saturated carbocycles. The molecule has 26 heterocycles. The van der Waals surface area contributed by atoms with Gasteiger partial charge < -0.3 is 44.4 Å². The van der Waals surface area contributed by atoms with E-state index in [0.29, 0.717) is 73.6 Å². The third kappa shape index (κ3) is 13.0. The van der Waals surface area contributed by atoms with Crippen molar-refractivity contribution >= 4 is 0 Å². The van der Waals surface area contributed by atoms with E-state index in [1.807, 2.05) is 0 Å². The highest BCUT2D eigenvalue weighted by atomic mass is 16.5. The van der Waals surface area contributed by atoms with Crippen LogP contribution in [0.5, 0.6) is 34.5 Å². The molecule has 82 heavy (non-hydrogen) atoms. The monoisotopic (exact) mass is 1090 g/mol. The fourth-order valence-corrected chi connectivity index (χ4v) is 11.4. The summed E-state index contributed by atoms with van der Waals surface area (Å²) in [4.78, 5) is 2.56. The maximum Gasteiger partial charge on any atom is 0.161 e. The zero-order valence-corrected chi connectivity index (χ0v) is 47.3. The Morgan fingerprint density at radius 3 is 0.780 bits per heavy atom. The zero-order valence-electron chi connectivity index (χ0n) is 47.3. The van der Waals surface area contributed by atoms with Crippen molar-refractivity contribution in [2.45, 2.75) is 58.7 Å². The van der Waals surface area contributed by atoms with Gasteiger partial charge in [-0.1, -0.05) is 146 Å². The van der Waals surface area contributed by atoms with Gasteiger partial charge in [0.15, 0.2) is 34.5 Å². The van der Waals surface area contributed by atoms with E-state index in [0.717, 1.165) is 126 Å². The first-order valence-electron chi connectivity index (χ1n) is 28.8. The molecule has 10 heteroatoms. The van der Waals surface area contributed by atoms with Crippen molar-refractivity contribution in [3.8, 4) is 67.9 Å². The number of nitrogens with one attached hydrogen (secondary N) is 3. The molecule has 10 nitrogen and oxygen atoms in total. The van der Waals surface area contributed by atoms with E-state index in [4.69, 9.17) is 28.4 Å². The van der Waals surface area contributed by atoms with Crippen LogP contribution in [-0.4, -0.2) is 65.5 Å². The molecule has 36 rings (SSSR count). The number of hydrogen-bond donors (Lipinski definition) is 3. The molecule has 0 atom stereocenters. The zero-order chi connectivity index (χ0) is 55.6. The van der Waals surface area contributed by atoms with E-state index in [9.17, 15) is 0 Å². The summed E-state index contributed by atoms with van der Waals surface area (Å²) in [5.74, 6) is 4.09. The van der Waals surface area contributed by atoms with Gasteiger partial charge in [-0.3, -0.25) is 4.90 Å². The summed E-state index contributed by atoms with van der Waals surface area (Å²) in [6.45, 7) is 9.06. The Bertz CT molecular complexity index is 3220. The maximum absolute atomic E-state index is 6.71. The molecule has 1 aliphatic carbocycles. The predicted molar refractivity (Wildman–Crippen MR) is 328 cm³/mol. The Hall–Kier alpha value is -8.38. The van der Waals surface area contributed by atoms with Crippen LogP contribution in [0.2, 0.25) is 0 Å². The van der Waals surface area contributed by atoms with Crippen LogP contribution in [0.25, 0.3) is 33.4 Å². The second-order valence-electron chi connectivity index (χ2n) is 21.8. The molecule has 0 spiro atoms. The van der Waals surface area contributed by atoms with E-state index in [1.54, 1.807) is 21.3 Å². The average Bonchev–Trinajstić information content (AvgIpc) is 3.70. The number of hydrogen-bond acceptors (Lipinski definition) is 10. The summed E-state index contributed by atoms with van der Waals surface area (Å²) >= 11 is 0. The average molecular weight is 1090 g/mol. The first-order chi connectivity index (χ1) is 40.4. The standard InChI is InChI=1S/C72H72N4O6/c1-77-67-37-61-34-65-41-71-69(79-3)39-63(65)36-66-42-72-68(78-2)38-62(66)35-64(61)40-70(67)80-46-52-10-22-58(23-11-52)55-16-4-49(5-17-55)43-73-28-31-76(32-29-74-44-50-6-18-56(19-7-50)59-24-12-53(13-25-59)47-81-71)33-30-75-45-51-8-20-57(21-9-51)60-26-14-54(15-27-60)48-82-72/h4-27,37-42,73-75H,28-36,43-48H2,1-3H3. The number of rotatable bonds is 3. The second-order valence-corrected chi connectivity index (χ2v) is 21.8. The highest BCUT2D eigenvalue weighted by Gasteiger charge is 2.23. The normalized spacial score (nSPS) is 15.1. The number of benzene rings is 9. The summed E-state index contributed by atoms with van der Waals surface area (Å²) in [6, 6.07) is 65.7. The van der Waals surface area contributed by atoms with Gasteiger partial charge in [0, 0.05) is 58.9 Å². The lowest BCUT2D eigenvalue weighted by atomic mass is 9.94. The third-order valence-corrected chi connectivity index (χ3v) is 16.3. The molecular weight excluding hydrogens is 1020 g/mol. The minimum absolute atomic E-state index is 0.379. The lowest BCUT2D eigenvalue weighted by Gasteiger charge is -2.23. The Morgan fingerprint density at radius 1 is 0.305 bits per heavy atom. The van der Waals surface area contributed by atoms with Gasteiger partial charge in [0.25, 0.3) is 0 Å². The molecule has 0 unspecified atom stereocenters. The topological polar surface area (TPSA) is 94.7 Å². The lowest BCUT2D eigenvalue weighted by Crippen LogP contribution is -2.40. The molecule has 27 aliphatic rings. The van der Waals surface area contributed by atoms with Gasteiger partial charge >= 0.3 is 0 Å². The molecule has 0 fully saturated rings. The van der Waals surface area contributed by atoms with E-state index in [-0.39, 0.29) is 0 Å². The summed E-state index contributed by atoms with van der Waals surface area (Å²) < 4.78 is 38.5. The Morgan fingerprint density at radius 2 is 0.537 bits per heavy atom. The minimum atomic E-state index is 0.379. The van der Waals surface area contributed by atoms with Gasteiger partial charge in [-0.05, 0) is 156 Å². The van der Waals surface area contributed by atoms with Crippen LogP contribution in [0.4, 0.5) is 0 Å². The molecule has 9 aromatic rings. The van der Waals surface area contributed by atoms with Crippen molar-refractivity contribution in [2.75, 3.05) is 60.6 Å². The van der Waals surface area contributed by atoms with E-state index < -0.39 is 0 Å². The first kappa shape index (κ1) is 54.2. The maximum atomic E-state index is 6.71. The first-order valence-corrected chi connectivity index (χ1v) is 28.8. The van der Waals surface area contributed by atoms with Crippen LogP contribution in [0.15, 0.2) is 182 Å². The van der Waals surface area contributed by atoms with Gasteiger partial charge in [0.1, 0.15) is 19.8 Å². The second kappa shape index (κ2) is 25.6. The number of methoxy groups -OCH3 is 3. The summed E-state index contributed by atoms with van der Waals surface area (Å²) in [6.07, 6.45) is 1.90. The Kier molecular flexibility index (Phi) is 16.9. The fraction of sp³-hybridized carbons (Fsp3) is 0.250. The molecule has 0 saturated heterocycles. The smallest absolute Gasteiger partial charge is 0.161 e. The quantitative estimate of drug-likeness (QED) is 0.159. The summed E-state index contributed by atoms with van der Waals surface area (Å²) in [5.41, 5.74) is 20.8. The number of nitrogens with zero attached hydrogens (tertiary/aromatic N) is 1. The van der Waals surface area contributed by atoms with Crippen molar-refractivity contribution in [1.82, 2.24) is 20.9 Å². The van der Waals surface area contributed by atoms with Gasteiger partial charge in [-0.15, -0.1) is 0 Å². The van der Waals surface area contributed by atoms with Gasteiger partial charge in [-0.2, -0.15) is 0 Å². The molecular formula is C72H72N4O6. The van der Waals surface area contributed by atoms with Crippen molar-refractivity contribution in [3.05, 3.63) is 249 Å². The fourth-order valence-electron chi connectivity index (χ4n) is 11.4. The van der Waals surface area contributed by atoms with Gasteiger partial charge in [0.05, 0.1) is 21.3 Å². The van der Waals surface area contributed by atoms with Crippen molar-refractivity contribution in [2.24, 2.45) is 0 Å². The van der Waals surface area contributed by atoms with Crippen molar-refractivity contribution < 1.29 is 28.4 Å². The van der Waals surface area contributed by atoms with E-state index in [1.165, 1.54) is 33.4 Å². The third-order valence-electron chi connectivity index (χ3n) is 16.3. The predicted octanol–water partition coefficient (Wildman–Crippen LogP) is 13.1. The molecule has 0 amide bonds. The molecule has 416 valence electrons. The van der Waals surface area contributed by atoms with Crippen LogP contribution >= 0.6 is 0 Å². The summed E-state index contributed by atoms with van der Waals surface area (Å²) in [7, 11) is 5.15. The number of ether oxygens (including phenoxy) is 6. The molecule has 3 N–H and O–H groups in total. The molecule has 26 aliphatic heterocycles. The van der Waals surface area contributed by atoms with Crippen molar-refractivity contribution in [1.29, 1.82) is 0 Å². The highest BCUT2D eigenvalue weighted by Crippen LogP contribution is 2.42. The highest BCUT2D eigenvalue weighted by molar-refractivity contribution is 5.66. The number of fused-ring (bicyclic) bond motifs is 1. The van der Waals surface area contributed by atoms with Crippen LogP contribution in [-0.2, 0) is 58.7 Å². The van der Waals surface area contributed by atoms with Crippen LogP contribution in [0.1, 0.15) is 66.8 Å². The minimum Gasteiger partial charge on any atom is -0.493 e. The van der Waals surface area contributed by atoms with Crippen LogP contribution < -0.4 is 44.4 Å². The molecule has 22 bridgehead atoms. The molecule has 0 aromatic heterocycles. The molecule has 0 radical (unpaired) electrons. The molecule has 9 aromatic carbocycles. The largest absolute Gasteiger partial charge is 0.493 e. The Labute approximate surface area is 483 Å². The van der Waals surface area contributed by atoms with Gasteiger partial charge in [-0.25, -0.2) is 0 Å². The SMILES string of the molecule is COc1cc2c3cc1OCc1ccc(cc1)-c1ccc(cc1)CNCCN1CCNCc4ccc(cc4)-c4ccc(cc4)COc4cc(c(cc4OC)C3)Cc3cc(OC)c(cc3C2)OCc2ccc(cc2)-c2ccc(cc2)CNCC1. The Balaban J connectivity index is 0.929.